The molecule has 21 heavy (non-hydrogen) atoms. The van der Waals surface area contributed by atoms with Crippen molar-refractivity contribution < 1.29 is 13.2 Å². The smallest absolute Gasteiger partial charge is 0.241 e. The van der Waals surface area contributed by atoms with E-state index >= 15 is 0 Å². The molecule has 0 bridgehead atoms. The number of amides is 1. The average Bonchev–Trinajstić information content (AvgIpc) is 2.74. The minimum atomic E-state index is -3.70. The van der Waals surface area contributed by atoms with Crippen LogP contribution in [0, 0.1) is 0 Å². The Hall–Kier alpha value is -1.07. The summed E-state index contributed by atoms with van der Waals surface area (Å²) >= 11 is 5.85. The molecule has 1 fully saturated rings. The highest BCUT2D eigenvalue weighted by atomic mass is 35.5. The topological polar surface area (TPSA) is 54.5 Å². The highest BCUT2D eigenvalue weighted by Gasteiger charge is 2.33. The van der Waals surface area contributed by atoms with Crippen molar-refractivity contribution in [2.75, 3.05) is 13.1 Å². The zero-order valence-electron chi connectivity index (χ0n) is 12.1. The van der Waals surface area contributed by atoms with E-state index in [4.69, 9.17) is 11.6 Å². The maximum Gasteiger partial charge on any atom is 0.241 e. The van der Waals surface area contributed by atoms with Crippen LogP contribution in [0.5, 0.6) is 0 Å². The first-order valence-electron chi connectivity index (χ1n) is 7.21. The number of hydrogen-bond donors (Lipinski definition) is 0. The molecule has 1 aromatic rings. The minimum absolute atomic E-state index is 0.102. The van der Waals surface area contributed by atoms with Crippen molar-refractivity contribution in [2.45, 2.75) is 42.8 Å². The minimum Gasteiger partial charge on any atom is -0.342 e. The molecule has 1 unspecified atom stereocenters. The van der Waals surface area contributed by atoms with E-state index in [1.165, 1.54) is 19.1 Å². The SMILES string of the molecule is CC(C(=O)N1CCCCCC1)S(=O)(=O)c1cccc(Cl)c1. The van der Waals surface area contributed by atoms with E-state index in [-0.39, 0.29) is 10.8 Å². The molecule has 116 valence electrons. The largest absolute Gasteiger partial charge is 0.342 e. The summed E-state index contributed by atoms with van der Waals surface area (Å²) < 4.78 is 25.1. The Labute approximate surface area is 131 Å². The second kappa shape index (κ2) is 6.79. The molecule has 1 atom stereocenters. The van der Waals surface area contributed by atoms with Gasteiger partial charge in [0.15, 0.2) is 9.84 Å². The normalized spacial score (nSPS) is 18.1. The molecule has 0 spiro atoms. The molecular formula is C15H20ClNO3S. The summed E-state index contributed by atoms with van der Waals surface area (Å²) in [7, 11) is -3.70. The van der Waals surface area contributed by atoms with Gasteiger partial charge in [-0.15, -0.1) is 0 Å². The van der Waals surface area contributed by atoms with Crippen molar-refractivity contribution in [1.82, 2.24) is 4.90 Å². The van der Waals surface area contributed by atoms with Gasteiger partial charge in [-0.3, -0.25) is 4.79 Å². The predicted molar refractivity (Wildman–Crippen MR) is 83.1 cm³/mol. The van der Waals surface area contributed by atoms with E-state index in [1.807, 2.05) is 0 Å². The first-order valence-corrected chi connectivity index (χ1v) is 9.13. The zero-order chi connectivity index (χ0) is 15.5. The lowest BCUT2D eigenvalue weighted by Crippen LogP contribution is -2.42. The van der Waals surface area contributed by atoms with Crippen LogP contribution in [0.3, 0.4) is 0 Å². The fourth-order valence-electron chi connectivity index (χ4n) is 2.53. The maximum atomic E-state index is 12.5. The second-order valence-electron chi connectivity index (χ2n) is 5.38. The zero-order valence-corrected chi connectivity index (χ0v) is 13.7. The van der Waals surface area contributed by atoms with Crippen LogP contribution in [0.2, 0.25) is 5.02 Å². The molecule has 0 radical (unpaired) electrons. The van der Waals surface area contributed by atoms with Gasteiger partial charge in [-0.1, -0.05) is 30.5 Å². The Morgan fingerprint density at radius 3 is 2.38 bits per heavy atom. The molecule has 1 amide bonds. The van der Waals surface area contributed by atoms with Gasteiger partial charge >= 0.3 is 0 Å². The summed E-state index contributed by atoms with van der Waals surface area (Å²) in [4.78, 5) is 14.3. The molecule has 0 saturated carbocycles. The van der Waals surface area contributed by atoms with Gasteiger partial charge in [-0.05, 0) is 38.0 Å². The van der Waals surface area contributed by atoms with Gasteiger partial charge in [-0.2, -0.15) is 0 Å². The average molecular weight is 330 g/mol. The van der Waals surface area contributed by atoms with Crippen molar-refractivity contribution >= 4 is 27.3 Å². The number of rotatable bonds is 3. The summed E-state index contributed by atoms with van der Waals surface area (Å²) in [6.07, 6.45) is 4.07. The summed E-state index contributed by atoms with van der Waals surface area (Å²) in [6, 6.07) is 6.07. The summed E-state index contributed by atoms with van der Waals surface area (Å²) in [5.74, 6) is -0.308. The van der Waals surface area contributed by atoms with Crippen LogP contribution < -0.4 is 0 Å². The first-order chi connectivity index (χ1) is 9.93. The van der Waals surface area contributed by atoms with Crippen LogP contribution in [0.15, 0.2) is 29.2 Å². The molecule has 1 aliphatic heterocycles. The lowest BCUT2D eigenvalue weighted by Gasteiger charge is -2.24. The van der Waals surface area contributed by atoms with Crippen LogP contribution >= 0.6 is 11.6 Å². The fraction of sp³-hybridized carbons (Fsp3) is 0.533. The van der Waals surface area contributed by atoms with Crippen molar-refractivity contribution in [3.05, 3.63) is 29.3 Å². The third-order valence-corrected chi connectivity index (χ3v) is 6.13. The van der Waals surface area contributed by atoms with Gasteiger partial charge in [0, 0.05) is 18.1 Å². The van der Waals surface area contributed by atoms with Crippen molar-refractivity contribution in [3.63, 3.8) is 0 Å². The van der Waals surface area contributed by atoms with Crippen LogP contribution in [0.25, 0.3) is 0 Å². The van der Waals surface area contributed by atoms with Gasteiger partial charge in [0.2, 0.25) is 5.91 Å². The Morgan fingerprint density at radius 2 is 1.81 bits per heavy atom. The van der Waals surface area contributed by atoms with E-state index in [0.29, 0.717) is 18.1 Å². The molecule has 0 N–H and O–H groups in total. The molecule has 0 aromatic heterocycles. The van der Waals surface area contributed by atoms with Crippen molar-refractivity contribution in [2.24, 2.45) is 0 Å². The Bertz CT molecular complexity index is 607. The van der Waals surface area contributed by atoms with Crippen LogP contribution in [-0.4, -0.2) is 37.6 Å². The van der Waals surface area contributed by atoms with Crippen LogP contribution in [0.1, 0.15) is 32.6 Å². The Kier molecular flexibility index (Phi) is 5.27. The Morgan fingerprint density at radius 1 is 1.19 bits per heavy atom. The van der Waals surface area contributed by atoms with Crippen molar-refractivity contribution in [1.29, 1.82) is 0 Å². The van der Waals surface area contributed by atoms with Gasteiger partial charge in [0.1, 0.15) is 5.25 Å². The molecule has 2 rings (SSSR count). The summed E-state index contributed by atoms with van der Waals surface area (Å²) in [5, 5.41) is -0.723. The van der Waals surface area contributed by atoms with E-state index in [1.54, 1.807) is 17.0 Å². The van der Waals surface area contributed by atoms with E-state index in [9.17, 15) is 13.2 Å². The Balaban J connectivity index is 2.21. The number of sulfone groups is 1. The number of nitrogens with zero attached hydrogens (tertiary/aromatic N) is 1. The predicted octanol–water partition coefficient (Wildman–Crippen LogP) is 2.90. The number of hydrogen-bond acceptors (Lipinski definition) is 3. The molecule has 1 saturated heterocycles. The molecule has 6 heteroatoms. The molecule has 1 heterocycles. The monoisotopic (exact) mass is 329 g/mol. The molecular weight excluding hydrogens is 310 g/mol. The number of carbonyl (C=O) groups is 1. The van der Waals surface area contributed by atoms with E-state index in [2.05, 4.69) is 0 Å². The van der Waals surface area contributed by atoms with Gasteiger partial charge in [0.05, 0.1) is 4.90 Å². The lowest BCUT2D eigenvalue weighted by atomic mass is 10.2. The molecule has 4 nitrogen and oxygen atoms in total. The summed E-state index contributed by atoms with van der Waals surface area (Å²) in [5.41, 5.74) is 0. The molecule has 1 aromatic carbocycles. The fourth-order valence-corrected chi connectivity index (χ4v) is 4.17. The molecule has 0 aliphatic carbocycles. The quantitative estimate of drug-likeness (QED) is 0.856. The third-order valence-electron chi connectivity index (χ3n) is 3.86. The van der Waals surface area contributed by atoms with Crippen LogP contribution in [0.4, 0.5) is 0 Å². The highest BCUT2D eigenvalue weighted by Crippen LogP contribution is 2.22. The maximum absolute atomic E-state index is 12.5. The first kappa shape index (κ1) is 16.3. The standard InChI is InChI=1S/C15H20ClNO3S/c1-12(15(18)17-9-4-2-3-5-10-17)21(19,20)14-8-6-7-13(16)11-14/h6-8,11-12H,2-5,9-10H2,1H3. The highest BCUT2D eigenvalue weighted by molar-refractivity contribution is 7.92. The number of halogens is 1. The van der Waals surface area contributed by atoms with Gasteiger partial charge in [0.25, 0.3) is 0 Å². The summed E-state index contributed by atoms with van der Waals surface area (Å²) in [6.45, 7) is 2.76. The number of benzene rings is 1. The number of carbonyl (C=O) groups excluding carboxylic acids is 1. The van der Waals surface area contributed by atoms with Gasteiger partial charge < -0.3 is 4.90 Å². The lowest BCUT2D eigenvalue weighted by molar-refractivity contribution is -0.130. The molecule has 1 aliphatic rings. The number of likely N-dealkylation sites (tertiary alicyclic amines) is 1. The van der Waals surface area contributed by atoms with Crippen LogP contribution in [-0.2, 0) is 14.6 Å². The van der Waals surface area contributed by atoms with Gasteiger partial charge in [-0.25, -0.2) is 8.42 Å². The van der Waals surface area contributed by atoms with Crippen molar-refractivity contribution in [3.8, 4) is 0 Å². The van der Waals surface area contributed by atoms with E-state index in [0.717, 1.165) is 25.7 Å². The third kappa shape index (κ3) is 3.77. The second-order valence-corrected chi connectivity index (χ2v) is 8.09. The van der Waals surface area contributed by atoms with E-state index < -0.39 is 15.1 Å².